The average molecular weight is 529 g/mol. The molecular formula is C30H45ClN4O2. The summed E-state index contributed by atoms with van der Waals surface area (Å²) < 4.78 is 5.94. The molecule has 204 valence electrons. The van der Waals surface area contributed by atoms with Crippen LogP contribution in [0.25, 0.3) is 11.2 Å². The lowest BCUT2D eigenvalue weighted by Crippen LogP contribution is -2.56. The third-order valence-corrected chi connectivity index (χ3v) is 11.2. The van der Waals surface area contributed by atoms with Crippen LogP contribution in [0.15, 0.2) is 12.3 Å². The summed E-state index contributed by atoms with van der Waals surface area (Å²) in [6, 6.07) is 1.75. The zero-order valence-corrected chi connectivity index (χ0v) is 24.1. The Bertz CT molecular complexity index is 1120. The van der Waals surface area contributed by atoms with Crippen molar-refractivity contribution in [3.63, 3.8) is 0 Å². The maximum Gasteiger partial charge on any atom is 0.201 e. The number of pyridine rings is 1. The Morgan fingerprint density at radius 1 is 1.11 bits per heavy atom. The number of carbonyl (C=O) groups is 1. The second kappa shape index (κ2) is 10.6. The number of methoxy groups -OCH3 is 1. The van der Waals surface area contributed by atoms with Crippen LogP contribution in [0.5, 0.6) is 0 Å². The van der Waals surface area contributed by atoms with E-state index in [1.54, 1.807) is 12.3 Å². The number of rotatable bonds is 5. The normalized spacial score (nSPS) is 38.8. The van der Waals surface area contributed by atoms with Crippen molar-refractivity contribution in [3.8, 4) is 0 Å². The van der Waals surface area contributed by atoms with Gasteiger partial charge in [-0.2, -0.15) is 9.90 Å². The van der Waals surface area contributed by atoms with E-state index in [0.717, 1.165) is 43.1 Å². The predicted molar refractivity (Wildman–Crippen MR) is 147 cm³/mol. The molecule has 0 bridgehead atoms. The number of hydrogen-bond donors (Lipinski definition) is 0. The van der Waals surface area contributed by atoms with Gasteiger partial charge in [-0.1, -0.05) is 45.7 Å². The molecule has 2 aromatic heterocycles. The van der Waals surface area contributed by atoms with Crippen LogP contribution in [-0.4, -0.2) is 39.5 Å². The summed E-state index contributed by atoms with van der Waals surface area (Å²) in [4.78, 5) is 19.4. The number of hydrogen-bond acceptors (Lipinski definition) is 5. The van der Waals surface area contributed by atoms with Gasteiger partial charge in [0, 0.05) is 19.2 Å². The molecule has 0 aromatic carbocycles. The van der Waals surface area contributed by atoms with Crippen LogP contribution in [0.1, 0.15) is 85.5 Å². The molecule has 2 heterocycles. The van der Waals surface area contributed by atoms with E-state index in [-0.39, 0.29) is 23.7 Å². The summed E-state index contributed by atoms with van der Waals surface area (Å²) in [5.41, 5.74) is 1.64. The van der Waals surface area contributed by atoms with Gasteiger partial charge in [0.25, 0.3) is 0 Å². The standard InChI is InChI=1S/C28H39ClN4O2.C2H6/c1-17-8-11-28(16-35-3)18(12-17)4-5-20-21-6-7-23(27(21,2)10-9-22(20)28)25(34)15-33-31-24-13-19(29)14-30-26(24)32-33;1-2/h13-14,17-18,20-23H,4-12,15-16H2,1-3H3;1-2H3. The fourth-order valence-corrected chi connectivity index (χ4v) is 9.64. The Morgan fingerprint density at radius 3 is 2.70 bits per heavy atom. The largest absolute Gasteiger partial charge is 0.384 e. The van der Waals surface area contributed by atoms with Gasteiger partial charge < -0.3 is 4.74 Å². The number of ether oxygens (including phenoxy) is 1. The maximum atomic E-state index is 13.6. The molecule has 6 rings (SSSR count). The molecule has 0 N–H and O–H groups in total. The van der Waals surface area contributed by atoms with E-state index in [2.05, 4.69) is 29.0 Å². The van der Waals surface area contributed by atoms with Crippen LogP contribution in [0.4, 0.5) is 0 Å². The van der Waals surface area contributed by atoms with E-state index in [0.29, 0.717) is 27.5 Å². The number of carbonyl (C=O) groups excluding carboxylic acids is 1. The molecule has 6 nitrogen and oxygen atoms in total. The van der Waals surface area contributed by atoms with Crippen LogP contribution in [0, 0.1) is 46.3 Å². The summed E-state index contributed by atoms with van der Waals surface area (Å²) in [6.07, 6.45) is 12.9. The van der Waals surface area contributed by atoms with Crippen molar-refractivity contribution in [2.75, 3.05) is 13.7 Å². The fourth-order valence-electron chi connectivity index (χ4n) is 9.49. The van der Waals surface area contributed by atoms with Crippen LogP contribution in [-0.2, 0) is 16.1 Å². The summed E-state index contributed by atoms with van der Waals surface area (Å²) in [5, 5.41) is 9.46. The molecular weight excluding hydrogens is 484 g/mol. The lowest BCUT2D eigenvalue weighted by atomic mass is 9.44. The number of nitrogens with zero attached hydrogens (tertiary/aromatic N) is 4. The molecule has 0 aliphatic heterocycles. The second-order valence-corrected chi connectivity index (χ2v) is 13.0. The highest BCUT2D eigenvalue weighted by Crippen LogP contribution is 2.68. The molecule has 0 saturated heterocycles. The van der Waals surface area contributed by atoms with Gasteiger partial charge >= 0.3 is 0 Å². The third-order valence-electron chi connectivity index (χ3n) is 11.0. The van der Waals surface area contributed by atoms with E-state index in [9.17, 15) is 4.79 Å². The van der Waals surface area contributed by atoms with E-state index < -0.39 is 0 Å². The van der Waals surface area contributed by atoms with Crippen LogP contribution in [0.2, 0.25) is 5.02 Å². The van der Waals surface area contributed by atoms with E-state index >= 15 is 0 Å². The fraction of sp³-hybridized carbons (Fsp3) is 0.800. The van der Waals surface area contributed by atoms with Gasteiger partial charge in [-0.3, -0.25) is 4.79 Å². The van der Waals surface area contributed by atoms with Crippen molar-refractivity contribution in [3.05, 3.63) is 17.3 Å². The molecule has 7 heteroatoms. The van der Waals surface area contributed by atoms with Gasteiger partial charge in [0.1, 0.15) is 12.1 Å². The monoisotopic (exact) mass is 528 g/mol. The Labute approximate surface area is 227 Å². The molecule has 37 heavy (non-hydrogen) atoms. The zero-order valence-electron chi connectivity index (χ0n) is 23.4. The summed E-state index contributed by atoms with van der Waals surface area (Å²) >= 11 is 6.05. The minimum Gasteiger partial charge on any atom is -0.384 e. The minimum absolute atomic E-state index is 0.0927. The first-order chi connectivity index (χ1) is 17.8. The molecule has 0 radical (unpaired) electrons. The van der Waals surface area contributed by atoms with Gasteiger partial charge in [0.05, 0.1) is 11.6 Å². The van der Waals surface area contributed by atoms with Crippen molar-refractivity contribution in [1.29, 1.82) is 0 Å². The average Bonchev–Trinajstić information content (AvgIpc) is 3.45. The van der Waals surface area contributed by atoms with Crippen molar-refractivity contribution >= 4 is 28.5 Å². The van der Waals surface area contributed by atoms with Gasteiger partial charge in [-0.25, -0.2) is 4.98 Å². The third kappa shape index (κ3) is 4.54. The van der Waals surface area contributed by atoms with Gasteiger partial charge in [0.2, 0.25) is 5.65 Å². The SMILES string of the molecule is CC.COCC12CCC(C)CC1CCC1C3CCC(C(=O)Cn4nc5cc(Cl)cnc5n4)C3(C)CCC12. The number of halogens is 1. The first kappa shape index (κ1) is 27.1. The predicted octanol–water partition coefficient (Wildman–Crippen LogP) is 7.00. The van der Waals surface area contributed by atoms with E-state index in [1.807, 2.05) is 21.0 Å². The Balaban J connectivity index is 0.00000137. The number of Topliss-reactive ketones (excluding diaryl/α,β-unsaturated/α-hetero) is 1. The van der Waals surface area contributed by atoms with Crippen molar-refractivity contribution < 1.29 is 9.53 Å². The Morgan fingerprint density at radius 2 is 1.92 bits per heavy atom. The molecule has 4 aliphatic carbocycles. The van der Waals surface area contributed by atoms with E-state index in [4.69, 9.17) is 16.3 Å². The minimum atomic E-state index is 0.0927. The highest BCUT2D eigenvalue weighted by molar-refractivity contribution is 6.30. The highest BCUT2D eigenvalue weighted by atomic mass is 35.5. The molecule has 0 spiro atoms. The summed E-state index contributed by atoms with van der Waals surface area (Å²) in [5.74, 6) is 4.20. The number of ketones is 1. The Hall–Kier alpha value is -1.53. The second-order valence-electron chi connectivity index (χ2n) is 12.6. The summed E-state index contributed by atoms with van der Waals surface area (Å²) in [6.45, 7) is 10.0. The van der Waals surface area contributed by atoms with Crippen molar-refractivity contribution in [2.24, 2.45) is 46.3 Å². The summed E-state index contributed by atoms with van der Waals surface area (Å²) in [7, 11) is 1.90. The maximum absolute atomic E-state index is 13.6. The van der Waals surface area contributed by atoms with Crippen LogP contribution < -0.4 is 0 Å². The first-order valence-electron chi connectivity index (χ1n) is 14.7. The van der Waals surface area contributed by atoms with Gasteiger partial charge in [-0.05, 0) is 97.9 Å². The highest BCUT2D eigenvalue weighted by Gasteiger charge is 2.62. The molecule has 4 aliphatic rings. The van der Waals surface area contributed by atoms with Crippen LogP contribution in [0.3, 0.4) is 0 Å². The first-order valence-corrected chi connectivity index (χ1v) is 15.1. The van der Waals surface area contributed by atoms with Gasteiger partial charge in [0.15, 0.2) is 5.78 Å². The lowest BCUT2D eigenvalue weighted by Gasteiger charge is -2.61. The molecule has 4 fully saturated rings. The lowest BCUT2D eigenvalue weighted by molar-refractivity contribution is -0.154. The molecule has 0 amide bonds. The van der Waals surface area contributed by atoms with Crippen molar-refractivity contribution in [2.45, 2.75) is 92.0 Å². The number of aromatic nitrogens is 4. The number of fused-ring (bicyclic) bond motifs is 6. The zero-order chi connectivity index (χ0) is 26.4. The topological polar surface area (TPSA) is 69.9 Å². The van der Waals surface area contributed by atoms with Gasteiger partial charge in [-0.15, -0.1) is 5.10 Å². The van der Waals surface area contributed by atoms with E-state index in [1.165, 1.54) is 49.7 Å². The molecule has 8 unspecified atom stereocenters. The smallest absolute Gasteiger partial charge is 0.201 e. The quantitative estimate of drug-likeness (QED) is 0.418. The molecule has 8 atom stereocenters. The van der Waals surface area contributed by atoms with Crippen LogP contribution >= 0.6 is 11.6 Å². The molecule has 2 aromatic rings. The Kier molecular flexibility index (Phi) is 7.72. The molecule has 4 saturated carbocycles. The van der Waals surface area contributed by atoms with Crippen molar-refractivity contribution in [1.82, 2.24) is 20.0 Å².